The Balaban J connectivity index is 1.78. The van der Waals surface area contributed by atoms with E-state index in [2.05, 4.69) is 18.9 Å². The van der Waals surface area contributed by atoms with E-state index in [1.54, 1.807) is 0 Å². The molecule has 1 aliphatic rings. The normalized spacial score (nSPS) is 15.6. The van der Waals surface area contributed by atoms with Gasteiger partial charge in [0.1, 0.15) is 11.5 Å². The molecule has 1 saturated heterocycles. The number of nitrogens with zero attached hydrogens (tertiary/aromatic N) is 2. The average molecular weight is 306 g/mol. The number of carbonyl (C=O) groups excluding carboxylic acids is 1. The van der Waals surface area contributed by atoms with Gasteiger partial charge in [-0.1, -0.05) is 19.4 Å². The molecule has 0 atom stereocenters. The quantitative estimate of drug-likeness (QED) is 0.723. The number of likely N-dealkylation sites (N-methyl/N-ethyl adjacent to an activating group) is 1. The lowest BCUT2D eigenvalue weighted by atomic mass is 10.3. The van der Waals surface area contributed by atoms with Crippen LogP contribution in [-0.2, 0) is 4.79 Å². The fourth-order valence-electron chi connectivity index (χ4n) is 2.28. The number of rotatable bonds is 7. The molecular formula is C17H26N2O3. The molecule has 0 unspecified atom stereocenters. The van der Waals surface area contributed by atoms with Gasteiger partial charge >= 0.3 is 0 Å². The molecule has 2 rings (SSSR count). The van der Waals surface area contributed by atoms with Crippen molar-refractivity contribution in [1.29, 1.82) is 0 Å². The molecule has 1 heterocycles. The van der Waals surface area contributed by atoms with Crippen LogP contribution in [-0.4, -0.2) is 62.1 Å². The molecule has 1 aromatic rings. The Labute approximate surface area is 132 Å². The van der Waals surface area contributed by atoms with E-state index in [-0.39, 0.29) is 12.5 Å². The lowest BCUT2D eigenvalue weighted by Gasteiger charge is -2.32. The molecule has 0 spiro atoms. The molecule has 22 heavy (non-hydrogen) atoms. The summed E-state index contributed by atoms with van der Waals surface area (Å²) in [7, 11) is 2.07. The second kappa shape index (κ2) is 8.63. The first-order chi connectivity index (χ1) is 10.7. The highest BCUT2D eigenvalue weighted by atomic mass is 16.5. The zero-order valence-corrected chi connectivity index (χ0v) is 13.6. The third-order valence-corrected chi connectivity index (χ3v) is 3.79. The van der Waals surface area contributed by atoms with Crippen LogP contribution in [0.4, 0.5) is 0 Å². The van der Waals surface area contributed by atoms with E-state index in [1.165, 1.54) is 0 Å². The monoisotopic (exact) mass is 306 g/mol. The predicted molar refractivity (Wildman–Crippen MR) is 86.4 cm³/mol. The maximum Gasteiger partial charge on any atom is 0.260 e. The van der Waals surface area contributed by atoms with Crippen molar-refractivity contribution in [2.75, 3.05) is 46.4 Å². The molecule has 5 heteroatoms. The summed E-state index contributed by atoms with van der Waals surface area (Å²) in [5.74, 6) is 1.51. The number of benzene rings is 1. The fourth-order valence-corrected chi connectivity index (χ4v) is 2.28. The minimum absolute atomic E-state index is 0.0467. The summed E-state index contributed by atoms with van der Waals surface area (Å²) in [6, 6.07) is 7.48. The number of unbranched alkanes of at least 4 members (excludes halogenated alkanes) is 1. The van der Waals surface area contributed by atoms with E-state index in [0.29, 0.717) is 12.4 Å². The van der Waals surface area contributed by atoms with Crippen molar-refractivity contribution in [1.82, 2.24) is 9.80 Å². The lowest BCUT2D eigenvalue weighted by molar-refractivity contribution is -0.134. The van der Waals surface area contributed by atoms with Gasteiger partial charge in [-0.25, -0.2) is 0 Å². The first-order valence-corrected chi connectivity index (χ1v) is 8.01. The van der Waals surface area contributed by atoms with Crippen molar-refractivity contribution in [3.8, 4) is 11.5 Å². The van der Waals surface area contributed by atoms with E-state index < -0.39 is 0 Å². The van der Waals surface area contributed by atoms with Crippen LogP contribution in [0.15, 0.2) is 24.3 Å². The second-order valence-electron chi connectivity index (χ2n) is 5.65. The Morgan fingerprint density at radius 2 is 1.82 bits per heavy atom. The largest absolute Gasteiger partial charge is 0.493 e. The molecule has 0 aliphatic carbocycles. The Kier molecular flexibility index (Phi) is 6.52. The molecule has 1 fully saturated rings. The third kappa shape index (κ3) is 5.22. The molecule has 0 saturated carbocycles. The second-order valence-corrected chi connectivity index (χ2v) is 5.65. The summed E-state index contributed by atoms with van der Waals surface area (Å²) in [4.78, 5) is 16.2. The Morgan fingerprint density at radius 3 is 2.50 bits per heavy atom. The maximum atomic E-state index is 12.1. The van der Waals surface area contributed by atoms with E-state index in [9.17, 15) is 4.79 Å². The molecule has 122 valence electrons. The van der Waals surface area contributed by atoms with Gasteiger partial charge in [0, 0.05) is 32.2 Å². The van der Waals surface area contributed by atoms with E-state index in [0.717, 1.165) is 44.8 Å². The van der Waals surface area contributed by atoms with Crippen molar-refractivity contribution >= 4 is 5.91 Å². The molecule has 0 N–H and O–H groups in total. The summed E-state index contributed by atoms with van der Waals surface area (Å²) in [6.45, 7) is 6.33. The van der Waals surface area contributed by atoms with Gasteiger partial charge in [-0.3, -0.25) is 4.79 Å². The summed E-state index contributed by atoms with van der Waals surface area (Å²) in [6.07, 6.45) is 2.14. The van der Waals surface area contributed by atoms with E-state index >= 15 is 0 Å². The standard InChI is InChI=1S/C17H26N2O3/c1-3-4-12-21-15-6-5-7-16(13-15)22-14-17(20)19-10-8-18(2)9-11-19/h5-7,13H,3-4,8-12,14H2,1-2H3. The Bertz CT molecular complexity index is 471. The number of carbonyl (C=O) groups is 1. The van der Waals surface area contributed by atoms with Crippen LogP contribution in [0.3, 0.4) is 0 Å². The zero-order valence-electron chi connectivity index (χ0n) is 13.6. The molecule has 0 radical (unpaired) electrons. The number of piperazine rings is 1. The highest BCUT2D eigenvalue weighted by Crippen LogP contribution is 2.19. The van der Waals surface area contributed by atoms with Gasteiger partial charge in [0.15, 0.2) is 6.61 Å². The minimum Gasteiger partial charge on any atom is -0.493 e. The molecule has 5 nitrogen and oxygen atoms in total. The smallest absolute Gasteiger partial charge is 0.260 e. The van der Waals surface area contributed by atoms with Crippen LogP contribution in [0.5, 0.6) is 11.5 Å². The predicted octanol–water partition coefficient (Wildman–Crippen LogP) is 2.02. The molecular weight excluding hydrogens is 280 g/mol. The lowest BCUT2D eigenvalue weighted by Crippen LogP contribution is -2.48. The third-order valence-electron chi connectivity index (χ3n) is 3.79. The highest BCUT2D eigenvalue weighted by Gasteiger charge is 2.19. The van der Waals surface area contributed by atoms with Gasteiger partial charge in [-0.05, 0) is 25.6 Å². The van der Waals surface area contributed by atoms with Crippen LogP contribution < -0.4 is 9.47 Å². The van der Waals surface area contributed by atoms with Crippen LogP contribution in [0.2, 0.25) is 0 Å². The van der Waals surface area contributed by atoms with Crippen molar-refractivity contribution in [2.24, 2.45) is 0 Å². The summed E-state index contributed by atoms with van der Waals surface area (Å²) in [5.41, 5.74) is 0. The van der Waals surface area contributed by atoms with Crippen LogP contribution in [0.25, 0.3) is 0 Å². The molecule has 0 aromatic heterocycles. The fraction of sp³-hybridized carbons (Fsp3) is 0.588. The van der Waals surface area contributed by atoms with Gasteiger partial charge in [0.25, 0.3) is 5.91 Å². The van der Waals surface area contributed by atoms with Crippen molar-refractivity contribution in [3.63, 3.8) is 0 Å². The van der Waals surface area contributed by atoms with Crippen LogP contribution in [0.1, 0.15) is 19.8 Å². The molecule has 1 aromatic carbocycles. The average Bonchev–Trinajstić information content (AvgIpc) is 2.54. The van der Waals surface area contributed by atoms with Crippen LogP contribution >= 0.6 is 0 Å². The van der Waals surface area contributed by atoms with Crippen molar-refractivity contribution in [3.05, 3.63) is 24.3 Å². The van der Waals surface area contributed by atoms with E-state index in [4.69, 9.17) is 9.47 Å². The molecule has 1 amide bonds. The number of ether oxygens (including phenoxy) is 2. The SMILES string of the molecule is CCCCOc1cccc(OCC(=O)N2CCN(C)CC2)c1. The summed E-state index contributed by atoms with van der Waals surface area (Å²) >= 11 is 0. The Hall–Kier alpha value is -1.75. The van der Waals surface area contributed by atoms with Gasteiger partial charge in [-0.2, -0.15) is 0 Å². The first kappa shape index (κ1) is 16.6. The maximum absolute atomic E-state index is 12.1. The molecule has 0 bridgehead atoms. The van der Waals surface area contributed by atoms with Gasteiger partial charge in [0.2, 0.25) is 0 Å². The summed E-state index contributed by atoms with van der Waals surface area (Å²) in [5, 5.41) is 0. The minimum atomic E-state index is 0.0467. The number of hydrogen-bond acceptors (Lipinski definition) is 4. The van der Waals surface area contributed by atoms with Crippen molar-refractivity contribution < 1.29 is 14.3 Å². The van der Waals surface area contributed by atoms with Crippen molar-refractivity contribution in [2.45, 2.75) is 19.8 Å². The number of amides is 1. The van der Waals surface area contributed by atoms with Gasteiger partial charge in [-0.15, -0.1) is 0 Å². The summed E-state index contributed by atoms with van der Waals surface area (Å²) < 4.78 is 11.3. The van der Waals surface area contributed by atoms with E-state index in [1.807, 2.05) is 29.2 Å². The topological polar surface area (TPSA) is 42.0 Å². The molecule has 1 aliphatic heterocycles. The zero-order chi connectivity index (χ0) is 15.8. The first-order valence-electron chi connectivity index (χ1n) is 8.01. The van der Waals surface area contributed by atoms with Gasteiger partial charge in [0.05, 0.1) is 6.61 Å². The van der Waals surface area contributed by atoms with Gasteiger partial charge < -0.3 is 19.3 Å². The highest BCUT2D eigenvalue weighted by molar-refractivity contribution is 5.77. The number of hydrogen-bond donors (Lipinski definition) is 0. The van der Waals surface area contributed by atoms with Crippen LogP contribution in [0, 0.1) is 0 Å². The Morgan fingerprint density at radius 1 is 1.14 bits per heavy atom.